The molecule has 1 amide bonds. The SMILES string of the molecule is CCOc1cc(/C=C/C(=O)OC(C)C(=O)Nc2ccc(Cl)cn2)ccc1OCc1ccccc1. The minimum Gasteiger partial charge on any atom is -0.490 e. The van der Waals surface area contributed by atoms with Crippen molar-refractivity contribution < 1.29 is 23.8 Å². The van der Waals surface area contributed by atoms with Crippen LogP contribution < -0.4 is 14.8 Å². The van der Waals surface area contributed by atoms with Gasteiger partial charge in [0.25, 0.3) is 5.91 Å². The molecular weight excluding hydrogens is 456 g/mol. The number of nitrogens with zero attached hydrogens (tertiary/aromatic N) is 1. The molecule has 0 aliphatic heterocycles. The molecule has 0 fully saturated rings. The fourth-order valence-corrected chi connectivity index (χ4v) is 2.97. The first-order valence-corrected chi connectivity index (χ1v) is 11.1. The third-order valence-electron chi connectivity index (χ3n) is 4.56. The predicted octanol–water partition coefficient (Wildman–Crippen LogP) is 5.30. The summed E-state index contributed by atoms with van der Waals surface area (Å²) in [5.74, 6) is 0.318. The Labute approximate surface area is 203 Å². The molecule has 2 aromatic carbocycles. The maximum absolute atomic E-state index is 12.2. The highest BCUT2D eigenvalue weighted by Crippen LogP contribution is 2.29. The van der Waals surface area contributed by atoms with E-state index in [1.54, 1.807) is 36.4 Å². The van der Waals surface area contributed by atoms with Crippen LogP contribution in [0.5, 0.6) is 11.5 Å². The molecule has 3 aromatic rings. The van der Waals surface area contributed by atoms with Crippen LogP contribution >= 0.6 is 11.6 Å². The van der Waals surface area contributed by atoms with Gasteiger partial charge in [0.1, 0.15) is 12.4 Å². The van der Waals surface area contributed by atoms with Crippen molar-refractivity contribution >= 4 is 35.4 Å². The van der Waals surface area contributed by atoms with E-state index in [-0.39, 0.29) is 0 Å². The van der Waals surface area contributed by atoms with Gasteiger partial charge in [-0.3, -0.25) is 4.79 Å². The second-order valence-corrected chi connectivity index (χ2v) is 7.61. The lowest BCUT2D eigenvalue weighted by atomic mass is 10.2. The Kier molecular flexibility index (Phi) is 9.05. The number of anilines is 1. The number of pyridine rings is 1. The van der Waals surface area contributed by atoms with Crippen LogP contribution in [-0.4, -0.2) is 29.6 Å². The summed E-state index contributed by atoms with van der Waals surface area (Å²) in [6.07, 6.45) is 3.23. The number of esters is 1. The van der Waals surface area contributed by atoms with Gasteiger partial charge in [0.15, 0.2) is 17.6 Å². The molecule has 0 bridgehead atoms. The summed E-state index contributed by atoms with van der Waals surface area (Å²) in [6.45, 7) is 4.23. The second kappa shape index (κ2) is 12.4. The monoisotopic (exact) mass is 480 g/mol. The zero-order chi connectivity index (χ0) is 24.3. The first-order valence-electron chi connectivity index (χ1n) is 10.7. The van der Waals surface area contributed by atoms with Gasteiger partial charge in [-0.1, -0.05) is 48.0 Å². The zero-order valence-corrected chi connectivity index (χ0v) is 19.6. The molecule has 1 N–H and O–H groups in total. The highest BCUT2D eigenvalue weighted by molar-refractivity contribution is 6.30. The maximum Gasteiger partial charge on any atom is 0.331 e. The van der Waals surface area contributed by atoms with Gasteiger partial charge in [-0.2, -0.15) is 0 Å². The van der Waals surface area contributed by atoms with Gasteiger partial charge in [-0.25, -0.2) is 9.78 Å². The Balaban J connectivity index is 1.57. The fourth-order valence-electron chi connectivity index (χ4n) is 2.86. The summed E-state index contributed by atoms with van der Waals surface area (Å²) >= 11 is 5.77. The standard InChI is InChI=1S/C26H25ClN2O5/c1-3-32-23-15-19(9-12-22(23)33-17-20-7-5-4-6-8-20)10-14-25(30)34-18(2)26(31)29-24-13-11-21(27)16-28-24/h4-16,18H,3,17H2,1-2H3,(H,28,29,31)/b14-10+. The van der Waals surface area contributed by atoms with Crippen molar-refractivity contribution in [1.29, 1.82) is 0 Å². The van der Waals surface area contributed by atoms with E-state index in [1.807, 2.05) is 37.3 Å². The summed E-state index contributed by atoms with van der Waals surface area (Å²) in [7, 11) is 0. The molecule has 3 rings (SSSR count). The third kappa shape index (κ3) is 7.64. The van der Waals surface area contributed by atoms with Gasteiger partial charge < -0.3 is 19.5 Å². The molecule has 176 valence electrons. The maximum atomic E-state index is 12.2. The van der Waals surface area contributed by atoms with E-state index in [1.165, 1.54) is 19.2 Å². The van der Waals surface area contributed by atoms with Gasteiger partial charge in [-0.15, -0.1) is 0 Å². The number of ether oxygens (including phenoxy) is 3. The quantitative estimate of drug-likeness (QED) is 0.313. The number of nitrogens with one attached hydrogen (secondary N) is 1. The van der Waals surface area contributed by atoms with Crippen LogP contribution in [0.1, 0.15) is 25.0 Å². The molecule has 0 aliphatic rings. The van der Waals surface area contributed by atoms with Crippen LogP contribution in [0.15, 0.2) is 72.9 Å². The zero-order valence-electron chi connectivity index (χ0n) is 18.9. The first-order chi connectivity index (χ1) is 16.4. The molecule has 0 saturated heterocycles. The van der Waals surface area contributed by atoms with Crippen LogP contribution in [0.2, 0.25) is 5.02 Å². The van der Waals surface area contributed by atoms with Gasteiger partial charge >= 0.3 is 5.97 Å². The number of hydrogen-bond acceptors (Lipinski definition) is 6. The highest BCUT2D eigenvalue weighted by atomic mass is 35.5. The van der Waals surface area contributed by atoms with Crippen LogP contribution in [0.4, 0.5) is 5.82 Å². The molecule has 1 unspecified atom stereocenters. The average molecular weight is 481 g/mol. The lowest BCUT2D eigenvalue weighted by molar-refractivity contribution is -0.148. The molecule has 1 aromatic heterocycles. The van der Waals surface area contributed by atoms with Crippen molar-refractivity contribution in [2.75, 3.05) is 11.9 Å². The molecule has 1 heterocycles. The number of carbonyl (C=O) groups is 2. The summed E-state index contributed by atoms with van der Waals surface area (Å²) in [5, 5.41) is 3.01. The number of amides is 1. The van der Waals surface area contributed by atoms with E-state index in [4.69, 9.17) is 25.8 Å². The number of aromatic nitrogens is 1. The molecule has 0 saturated carbocycles. The largest absolute Gasteiger partial charge is 0.490 e. The molecule has 0 radical (unpaired) electrons. The molecule has 7 nitrogen and oxygen atoms in total. The molecule has 8 heteroatoms. The summed E-state index contributed by atoms with van der Waals surface area (Å²) in [4.78, 5) is 28.4. The molecule has 34 heavy (non-hydrogen) atoms. The Morgan fingerprint density at radius 2 is 1.85 bits per heavy atom. The van der Waals surface area contributed by atoms with E-state index in [2.05, 4.69) is 10.3 Å². The number of benzene rings is 2. The van der Waals surface area contributed by atoms with Crippen molar-refractivity contribution in [3.05, 3.63) is 89.1 Å². The lowest BCUT2D eigenvalue weighted by Crippen LogP contribution is -2.29. The van der Waals surface area contributed by atoms with Crippen molar-refractivity contribution in [2.45, 2.75) is 26.6 Å². The topological polar surface area (TPSA) is 86.8 Å². The van der Waals surface area contributed by atoms with Gasteiger partial charge in [0.2, 0.25) is 0 Å². The molecule has 0 aliphatic carbocycles. The number of halogens is 1. The van der Waals surface area contributed by atoms with Crippen LogP contribution in [-0.2, 0) is 20.9 Å². The Bertz CT molecular complexity index is 1130. The predicted molar refractivity (Wildman–Crippen MR) is 131 cm³/mol. The van der Waals surface area contributed by atoms with Crippen molar-refractivity contribution in [3.63, 3.8) is 0 Å². The summed E-state index contributed by atoms with van der Waals surface area (Å²) < 4.78 is 16.8. The van der Waals surface area contributed by atoms with E-state index in [9.17, 15) is 9.59 Å². The normalized spacial score (nSPS) is 11.6. The Morgan fingerprint density at radius 1 is 1.06 bits per heavy atom. The van der Waals surface area contributed by atoms with Gasteiger partial charge in [-0.05, 0) is 55.3 Å². The van der Waals surface area contributed by atoms with Crippen molar-refractivity contribution in [3.8, 4) is 11.5 Å². The Hall–Kier alpha value is -3.84. The summed E-state index contributed by atoms with van der Waals surface area (Å²) in [5.41, 5.74) is 1.76. The fraction of sp³-hybridized carbons (Fsp3) is 0.192. The molecular formula is C26H25ClN2O5. The number of carbonyl (C=O) groups excluding carboxylic acids is 2. The number of rotatable bonds is 10. The smallest absolute Gasteiger partial charge is 0.331 e. The summed E-state index contributed by atoms with van der Waals surface area (Å²) in [6, 6.07) is 18.3. The van der Waals surface area contributed by atoms with E-state index < -0.39 is 18.0 Å². The number of hydrogen-bond donors (Lipinski definition) is 1. The minimum atomic E-state index is -1.01. The second-order valence-electron chi connectivity index (χ2n) is 7.18. The molecule has 1 atom stereocenters. The van der Waals surface area contributed by atoms with Crippen LogP contribution in [0.25, 0.3) is 6.08 Å². The van der Waals surface area contributed by atoms with Gasteiger partial charge in [0, 0.05) is 12.3 Å². The van der Waals surface area contributed by atoms with Crippen LogP contribution in [0, 0.1) is 0 Å². The highest BCUT2D eigenvalue weighted by Gasteiger charge is 2.17. The molecule has 0 spiro atoms. The Morgan fingerprint density at radius 3 is 2.56 bits per heavy atom. The van der Waals surface area contributed by atoms with E-state index >= 15 is 0 Å². The van der Waals surface area contributed by atoms with Crippen molar-refractivity contribution in [2.24, 2.45) is 0 Å². The van der Waals surface area contributed by atoms with Crippen molar-refractivity contribution in [1.82, 2.24) is 4.98 Å². The minimum absolute atomic E-state index is 0.311. The van der Waals surface area contributed by atoms with Crippen LogP contribution in [0.3, 0.4) is 0 Å². The van der Waals surface area contributed by atoms with Gasteiger partial charge in [0.05, 0.1) is 11.6 Å². The first kappa shape index (κ1) is 24.8. The third-order valence-corrected chi connectivity index (χ3v) is 4.78. The average Bonchev–Trinajstić information content (AvgIpc) is 2.84. The van der Waals surface area contributed by atoms with E-state index in [0.717, 1.165) is 11.1 Å². The lowest BCUT2D eigenvalue weighted by Gasteiger charge is -2.13. The van der Waals surface area contributed by atoms with E-state index in [0.29, 0.717) is 35.6 Å².